The lowest BCUT2D eigenvalue weighted by Gasteiger charge is -2.32. The zero-order valence-corrected chi connectivity index (χ0v) is 21.2. The summed E-state index contributed by atoms with van der Waals surface area (Å²) in [5.41, 5.74) is -0.602. The highest BCUT2D eigenvalue weighted by Crippen LogP contribution is 2.38. The molecule has 1 aliphatic heterocycles. The third-order valence-electron chi connectivity index (χ3n) is 5.86. The van der Waals surface area contributed by atoms with Crippen LogP contribution in [-0.4, -0.2) is 61.6 Å². The van der Waals surface area contributed by atoms with Gasteiger partial charge in [0, 0.05) is 7.11 Å². The molecule has 2 atom stereocenters. The van der Waals surface area contributed by atoms with Gasteiger partial charge in [0.15, 0.2) is 0 Å². The highest BCUT2D eigenvalue weighted by atomic mass is 16.7. The fraction of sp³-hybridized carbons (Fsp3) is 0.667. The highest BCUT2D eigenvalue weighted by molar-refractivity contribution is 6.48. The van der Waals surface area contributed by atoms with E-state index in [9.17, 15) is 9.59 Å². The second-order valence-corrected chi connectivity index (χ2v) is 10.4. The molecule has 2 rings (SSSR count). The number of carbonyl (C=O) groups is 2. The topological polar surface area (TPSA) is 95.1 Å². The SMILES string of the molecule is COC[C@@H](NC(=O)OC(C)(C)C)C(=O)N[C@@H](CCc1ccccc1)B1OC(C)(C)C(C)(C)O1. The second kappa shape index (κ2) is 10.9. The Hall–Kier alpha value is -2.10. The first kappa shape index (κ1) is 27.2. The van der Waals surface area contributed by atoms with E-state index in [1.807, 2.05) is 58.0 Å². The minimum absolute atomic E-state index is 0.000150. The number of hydrogen-bond donors (Lipinski definition) is 2. The maximum Gasteiger partial charge on any atom is 0.481 e. The van der Waals surface area contributed by atoms with Gasteiger partial charge in [0.2, 0.25) is 5.91 Å². The number of amides is 2. The molecule has 0 aromatic heterocycles. The number of carbonyl (C=O) groups excluding carboxylic acids is 2. The van der Waals surface area contributed by atoms with Crippen LogP contribution in [0, 0.1) is 0 Å². The summed E-state index contributed by atoms with van der Waals surface area (Å²) in [6.45, 7) is 13.2. The Morgan fingerprint density at radius 1 is 1.03 bits per heavy atom. The lowest BCUT2D eigenvalue weighted by atomic mass is 9.75. The molecule has 0 aliphatic carbocycles. The monoisotopic (exact) mass is 462 g/mol. The largest absolute Gasteiger partial charge is 0.481 e. The molecule has 0 spiro atoms. The molecule has 33 heavy (non-hydrogen) atoms. The van der Waals surface area contributed by atoms with Gasteiger partial charge in [-0.15, -0.1) is 0 Å². The standard InChI is InChI=1S/C24H39BN2O6/c1-22(2,3)31-21(29)26-18(16-30-8)20(28)27-19(15-14-17-12-10-9-11-13-17)25-32-23(4,5)24(6,7)33-25/h9-13,18-19H,14-16H2,1-8H3,(H,26,29)(H,27,28)/t18-,19+/m1/s1. The van der Waals surface area contributed by atoms with Crippen LogP contribution in [0.15, 0.2) is 30.3 Å². The average molecular weight is 462 g/mol. The van der Waals surface area contributed by atoms with Crippen molar-refractivity contribution in [2.24, 2.45) is 0 Å². The normalized spacial score (nSPS) is 19.0. The second-order valence-electron chi connectivity index (χ2n) is 10.4. The molecule has 1 saturated heterocycles. The number of methoxy groups -OCH3 is 1. The van der Waals surface area contributed by atoms with Gasteiger partial charge in [0.1, 0.15) is 11.6 Å². The molecule has 0 bridgehead atoms. The van der Waals surface area contributed by atoms with Crippen LogP contribution < -0.4 is 10.6 Å². The fourth-order valence-corrected chi connectivity index (χ4v) is 3.38. The quantitative estimate of drug-likeness (QED) is 0.547. The van der Waals surface area contributed by atoms with Crippen LogP contribution in [0.25, 0.3) is 0 Å². The van der Waals surface area contributed by atoms with Crippen LogP contribution in [0.2, 0.25) is 0 Å². The van der Waals surface area contributed by atoms with Gasteiger partial charge in [-0.25, -0.2) is 4.79 Å². The fourth-order valence-electron chi connectivity index (χ4n) is 3.38. The summed E-state index contributed by atoms with van der Waals surface area (Å²) in [6, 6.07) is 9.09. The van der Waals surface area contributed by atoms with E-state index < -0.39 is 47.9 Å². The van der Waals surface area contributed by atoms with Gasteiger partial charge < -0.3 is 29.4 Å². The average Bonchev–Trinajstić information content (AvgIpc) is 2.91. The Kier molecular flexibility index (Phi) is 8.96. The van der Waals surface area contributed by atoms with Gasteiger partial charge in [-0.05, 0) is 66.9 Å². The Balaban J connectivity index is 2.15. The third kappa shape index (κ3) is 8.01. The molecular weight excluding hydrogens is 423 g/mol. The van der Waals surface area contributed by atoms with Gasteiger partial charge in [-0.3, -0.25) is 4.79 Å². The first-order chi connectivity index (χ1) is 15.2. The maximum absolute atomic E-state index is 13.2. The van der Waals surface area contributed by atoms with Crippen molar-refractivity contribution < 1.29 is 28.4 Å². The lowest BCUT2D eigenvalue weighted by Crippen LogP contribution is -2.56. The zero-order chi connectivity index (χ0) is 24.9. The number of alkyl carbamates (subject to hydrolysis) is 1. The van der Waals surface area contributed by atoms with E-state index in [4.69, 9.17) is 18.8 Å². The molecule has 0 radical (unpaired) electrons. The predicted octanol–water partition coefficient (Wildman–Crippen LogP) is 3.28. The summed E-state index contributed by atoms with van der Waals surface area (Å²) in [5, 5.41) is 5.62. The Bertz CT molecular complexity index is 778. The molecule has 2 N–H and O–H groups in total. The van der Waals surface area contributed by atoms with Crippen LogP contribution in [0.5, 0.6) is 0 Å². The van der Waals surface area contributed by atoms with Crippen molar-refractivity contribution in [1.82, 2.24) is 10.6 Å². The molecule has 0 saturated carbocycles. The van der Waals surface area contributed by atoms with E-state index in [0.29, 0.717) is 6.42 Å². The van der Waals surface area contributed by atoms with Crippen molar-refractivity contribution in [3.05, 3.63) is 35.9 Å². The molecule has 1 aromatic carbocycles. The lowest BCUT2D eigenvalue weighted by molar-refractivity contribution is -0.124. The van der Waals surface area contributed by atoms with E-state index in [2.05, 4.69) is 10.6 Å². The van der Waals surface area contributed by atoms with E-state index in [0.717, 1.165) is 12.0 Å². The number of hydrogen-bond acceptors (Lipinski definition) is 6. The number of nitrogens with one attached hydrogen (secondary N) is 2. The number of benzene rings is 1. The van der Waals surface area contributed by atoms with E-state index in [1.165, 1.54) is 7.11 Å². The van der Waals surface area contributed by atoms with Crippen molar-refractivity contribution in [2.45, 2.75) is 90.1 Å². The van der Waals surface area contributed by atoms with Crippen LogP contribution in [0.3, 0.4) is 0 Å². The molecule has 1 heterocycles. The van der Waals surface area contributed by atoms with Gasteiger partial charge >= 0.3 is 13.2 Å². The number of rotatable bonds is 9. The first-order valence-electron chi connectivity index (χ1n) is 11.4. The maximum atomic E-state index is 13.2. The zero-order valence-electron chi connectivity index (χ0n) is 21.2. The smallest absolute Gasteiger partial charge is 0.444 e. The van der Waals surface area contributed by atoms with Crippen LogP contribution >= 0.6 is 0 Å². The van der Waals surface area contributed by atoms with E-state index in [1.54, 1.807) is 20.8 Å². The van der Waals surface area contributed by atoms with Gasteiger partial charge in [-0.2, -0.15) is 0 Å². The minimum Gasteiger partial charge on any atom is -0.444 e. The van der Waals surface area contributed by atoms with Crippen molar-refractivity contribution in [3.8, 4) is 0 Å². The molecular formula is C24H39BN2O6. The van der Waals surface area contributed by atoms with Gasteiger partial charge in [-0.1, -0.05) is 30.3 Å². The molecule has 1 aromatic rings. The summed E-state index contributed by atoms with van der Waals surface area (Å²) in [4.78, 5) is 25.4. The highest BCUT2D eigenvalue weighted by Gasteiger charge is 2.54. The minimum atomic E-state index is -0.925. The Morgan fingerprint density at radius 2 is 1.61 bits per heavy atom. The number of ether oxygens (including phenoxy) is 2. The molecule has 9 heteroatoms. The molecule has 1 fully saturated rings. The Labute approximate surface area is 198 Å². The van der Waals surface area contributed by atoms with Crippen LogP contribution in [0.1, 0.15) is 60.5 Å². The van der Waals surface area contributed by atoms with Crippen molar-refractivity contribution >= 4 is 19.1 Å². The van der Waals surface area contributed by atoms with Gasteiger partial charge in [0.05, 0.1) is 23.8 Å². The van der Waals surface area contributed by atoms with Crippen molar-refractivity contribution in [2.75, 3.05) is 13.7 Å². The van der Waals surface area contributed by atoms with Crippen molar-refractivity contribution in [3.63, 3.8) is 0 Å². The van der Waals surface area contributed by atoms with Crippen LogP contribution in [-0.2, 0) is 30.0 Å². The Morgan fingerprint density at radius 3 is 2.12 bits per heavy atom. The third-order valence-corrected chi connectivity index (χ3v) is 5.86. The summed E-state index contributed by atoms with van der Waals surface area (Å²) in [6.07, 6.45) is 0.638. The molecule has 1 aliphatic rings. The molecule has 2 amide bonds. The van der Waals surface area contributed by atoms with Gasteiger partial charge in [0.25, 0.3) is 0 Å². The van der Waals surface area contributed by atoms with Crippen LogP contribution in [0.4, 0.5) is 4.79 Å². The summed E-state index contributed by atoms with van der Waals surface area (Å²) in [5.74, 6) is -0.825. The summed E-state index contributed by atoms with van der Waals surface area (Å²) >= 11 is 0. The van der Waals surface area contributed by atoms with Crippen molar-refractivity contribution in [1.29, 1.82) is 0 Å². The van der Waals surface area contributed by atoms with E-state index >= 15 is 0 Å². The molecule has 184 valence electrons. The first-order valence-corrected chi connectivity index (χ1v) is 11.4. The summed E-state index contributed by atoms with van der Waals surface area (Å²) in [7, 11) is 0.838. The van der Waals surface area contributed by atoms with E-state index in [-0.39, 0.29) is 6.61 Å². The molecule has 8 nitrogen and oxygen atoms in total. The predicted molar refractivity (Wildman–Crippen MR) is 128 cm³/mol. The molecule has 0 unspecified atom stereocenters. The summed E-state index contributed by atoms with van der Waals surface area (Å²) < 4.78 is 22.9. The number of aryl methyl sites for hydroxylation is 1.